The summed E-state index contributed by atoms with van der Waals surface area (Å²) in [5, 5.41) is 0. The smallest absolute Gasteiger partial charge is 0.243 e. The third-order valence-corrected chi connectivity index (χ3v) is 6.09. The first kappa shape index (κ1) is 15.8. The number of hydrogen-bond acceptors (Lipinski definition) is 3. The highest BCUT2D eigenvalue weighted by Gasteiger charge is 2.34. The topological polar surface area (TPSA) is 46.6 Å². The number of hydrogen-bond donors (Lipinski definition) is 0. The van der Waals surface area contributed by atoms with Gasteiger partial charge in [-0.2, -0.15) is 4.31 Å². The number of methoxy groups -OCH3 is 1. The van der Waals surface area contributed by atoms with Crippen molar-refractivity contribution in [3.8, 4) is 5.75 Å². The second-order valence-corrected chi connectivity index (χ2v) is 8.69. The molecule has 0 saturated carbocycles. The predicted molar refractivity (Wildman–Crippen MR) is 82.5 cm³/mol. The van der Waals surface area contributed by atoms with E-state index in [-0.39, 0.29) is 5.41 Å². The molecule has 1 heterocycles. The number of benzene rings is 1. The Morgan fingerprint density at radius 3 is 2.60 bits per heavy atom. The maximum Gasteiger partial charge on any atom is 0.243 e. The summed E-state index contributed by atoms with van der Waals surface area (Å²) in [6, 6.07) is 4.88. The maximum absolute atomic E-state index is 12.7. The van der Waals surface area contributed by atoms with E-state index in [0.29, 0.717) is 28.2 Å². The van der Waals surface area contributed by atoms with Crippen LogP contribution in [0.2, 0.25) is 0 Å². The van der Waals surface area contributed by atoms with Crippen molar-refractivity contribution in [2.45, 2.75) is 31.6 Å². The molecule has 0 atom stereocenters. The summed E-state index contributed by atoms with van der Waals surface area (Å²) in [7, 11) is -1.88. The van der Waals surface area contributed by atoms with E-state index in [1.165, 1.54) is 0 Å². The van der Waals surface area contributed by atoms with Crippen molar-refractivity contribution in [1.82, 2.24) is 4.31 Å². The molecule has 0 N–H and O–H groups in total. The van der Waals surface area contributed by atoms with Crippen molar-refractivity contribution in [3.63, 3.8) is 0 Å². The lowest BCUT2D eigenvalue weighted by Gasteiger charge is -2.37. The highest BCUT2D eigenvalue weighted by atomic mass is 79.9. The molecule has 0 radical (unpaired) electrons. The molecule has 0 amide bonds. The number of rotatable bonds is 3. The Hall–Kier alpha value is -0.590. The van der Waals surface area contributed by atoms with Crippen LogP contribution in [0.25, 0.3) is 0 Å². The van der Waals surface area contributed by atoms with Crippen molar-refractivity contribution < 1.29 is 13.2 Å². The molecule has 112 valence electrons. The molecular weight excluding hydrogens is 342 g/mol. The first-order chi connectivity index (χ1) is 9.26. The molecule has 0 unspecified atom stereocenters. The van der Waals surface area contributed by atoms with Gasteiger partial charge in [-0.3, -0.25) is 0 Å². The van der Waals surface area contributed by atoms with E-state index in [9.17, 15) is 8.42 Å². The summed E-state index contributed by atoms with van der Waals surface area (Å²) < 4.78 is 32.8. The average Bonchev–Trinajstić information content (AvgIpc) is 2.37. The molecule has 1 aliphatic rings. The van der Waals surface area contributed by atoms with Gasteiger partial charge in [-0.1, -0.05) is 13.8 Å². The van der Waals surface area contributed by atoms with Gasteiger partial charge in [0.2, 0.25) is 10.0 Å². The fourth-order valence-electron chi connectivity index (χ4n) is 2.53. The van der Waals surface area contributed by atoms with Crippen LogP contribution in [0, 0.1) is 5.41 Å². The second-order valence-electron chi connectivity index (χ2n) is 5.90. The molecule has 4 nitrogen and oxygen atoms in total. The molecule has 1 aromatic carbocycles. The lowest BCUT2D eigenvalue weighted by Crippen LogP contribution is -2.43. The number of halogens is 1. The van der Waals surface area contributed by atoms with Crippen LogP contribution in [-0.4, -0.2) is 32.9 Å². The SMILES string of the molecule is COc1ccc(S(=O)(=O)N2CCCC(C)(C)C2)cc1Br. The molecular formula is C14H20BrNO3S. The molecule has 0 spiro atoms. The summed E-state index contributed by atoms with van der Waals surface area (Å²) in [5.74, 6) is 0.628. The van der Waals surface area contributed by atoms with Gasteiger partial charge in [0.25, 0.3) is 0 Å². The van der Waals surface area contributed by atoms with Crippen LogP contribution >= 0.6 is 15.9 Å². The highest BCUT2D eigenvalue weighted by molar-refractivity contribution is 9.10. The Morgan fingerprint density at radius 1 is 1.35 bits per heavy atom. The van der Waals surface area contributed by atoms with Gasteiger partial charge < -0.3 is 4.74 Å². The van der Waals surface area contributed by atoms with Gasteiger partial charge in [-0.15, -0.1) is 0 Å². The van der Waals surface area contributed by atoms with E-state index in [0.717, 1.165) is 12.8 Å². The van der Waals surface area contributed by atoms with Crippen LogP contribution in [0.3, 0.4) is 0 Å². The van der Waals surface area contributed by atoms with Gasteiger partial charge in [-0.25, -0.2) is 8.42 Å². The number of piperidine rings is 1. The van der Waals surface area contributed by atoms with Gasteiger partial charge >= 0.3 is 0 Å². The van der Waals surface area contributed by atoms with E-state index in [1.54, 1.807) is 29.6 Å². The summed E-state index contributed by atoms with van der Waals surface area (Å²) in [6.07, 6.45) is 1.97. The van der Waals surface area contributed by atoms with Gasteiger partial charge in [0, 0.05) is 13.1 Å². The number of sulfonamides is 1. The molecule has 6 heteroatoms. The summed E-state index contributed by atoms with van der Waals surface area (Å²) in [4.78, 5) is 0.308. The highest BCUT2D eigenvalue weighted by Crippen LogP contribution is 2.33. The molecule has 20 heavy (non-hydrogen) atoms. The van der Waals surface area contributed by atoms with E-state index < -0.39 is 10.0 Å². The monoisotopic (exact) mass is 361 g/mol. The van der Waals surface area contributed by atoms with Gasteiger partial charge in [0.15, 0.2) is 0 Å². The van der Waals surface area contributed by atoms with Crippen LogP contribution < -0.4 is 4.74 Å². The van der Waals surface area contributed by atoms with Crippen molar-refractivity contribution in [3.05, 3.63) is 22.7 Å². The van der Waals surface area contributed by atoms with E-state index in [1.807, 2.05) is 0 Å². The summed E-state index contributed by atoms with van der Waals surface area (Å²) in [5.41, 5.74) is 0.0367. The molecule has 1 aromatic rings. The lowest BCUT2D eigenvalue weighted by molar-refractivity contribution is 0.187. The van der Waals surface area contributed by atoms with E-state index in [4.69, 9.17) is 4.74 Å². The maximum atomic E-state index is 12.7. The van der Waals surface area contributed by atoms with Crippen LogP contribution in [0.5, 0.6) is 5.75 Å². The van der Waals surface area contributed by atoms with E-state index >= 15 is 0 Å². The minimum absolute atomic E-state index is 0.0367. The normalized spacial score (nSPS) is 19.8. The standard InChI is InChI=1S/C14H20BrNO3S/c1-14(2)7-4-8-16(10-14)20(17,18)11-5-6-13(19-3)12(15)9-11/h5-6,9H,4,7-8,10H2,1-3H3. The Kier molecular flexibility index (Phi) is 4.47. The third kappa shape index (κ3) is 3.18. The Labute approximate surface area is 129 Å². The predicted octanol–water partition coefficient (Wildman–Crippen LogP) is 3.27. The van der Waals surface area contributed by atoms with Crippen molar-refractivity contribution in [2.75, 3.05) is 20.2 Å². The van der Waals surface area contributed by atoms with Gasteiger partial charge in [-0.05, 0) is 52.4 Å². The molecule has 1 fully saturated rings. The molecule has 2 rings (SSSR count). The summed E-state index contributed by atoms with van der Waals surface area (Å²) >= 11 is 3.34. The zero-order valence-electron chi connectivity index (χ0n) is 12.0. The molecule has 1 aliphatic heterocycles. The first-order valence-corrected chi connectivity index (χ1v) is 8.83. The largest absolute Gasteiger partial charge is 0.496 e. The Balaban J connectivity index is 2.33. The molecule has 1 saturated heterocycles. The Morgan fingerprint density at radius 2 is 2.05 bits per heavy atom. The Bertz CT molecular complexity index is 598. The summed E-state index contributed by atoms with van der Waals surface area (Å²) in [6.45, 7) is 5.38. The fourth-order valence-corrected chi connectivity index (χ4v) is 4.92. The van der Waals surface area contributed by atoms with Crippen molar-refractivity contribution >= 4 is 26.0 Å². The zero-order chi connectivity index (χ0) is 15.0. The quantitative estimate of drug-likeness (QED) is 0.829. The lowest BCUT2D eigenvalue weighted by atomic mass is 9.85. The van der Waals surface area contributed by atoms with E-state index in [2.05, 4.69) is 29.8 Å². The van der Waals surface area contributed by atoms with Crippen molar-refractivity contribution in [2.24, 2.45) is 5.41 Å². The molecule has 0 bridgehead atoms. The molecule has 0 aromatic heterocycles. The van der Waals surface area contributed by atoms with Crippen LogP contribution in [-0.2, 0) is 10.0 Å². The van der Waals surface area contributed by atoms with Crippen molar-refractivity contribution in [1.29, 1.82) is 0 Å². The fraction of sp³-hybridized carbons (Fsp3) is 0.571. The zero-order valence-corrected chi connectivity index (χ0v) is 14.4. The minimum Gasteiger partial charge on any atom is -0.496 e. The minimum atomic E-state index is -3.43. The van der Waals surface area contributed by atoms with Gasteiger partial charge in [0.1, 0.15) is 5.75 Å². The number of nitrogens with zero attached hydrogens (tertiary/aromatic N) is 1. The third-order valence-electron chi connectivity index (χ3n) is 3.63. The second kappa shape index (κ2) is 5.66. The van der Waals surface area contributed by atoms with Gasteiger partial charge in [0.05, 0.1) is 16.5 Å². The average molecular weight is 362 g/mol. The number of ether oxygens (including phenoxy) is 1. The molecule has 0 aliphatic carbocycles. The van der Waals surface area contributed by atoms with Crippen LogP contribution in [0.1, 0.15) is 26.7 Å². The van der Waals surface area contributed by atoms with Crippen LogP contribution in [0.4, 0.5) is 0 Å². The van der Waals surface area contributed by atoms with Crippen LogP contribution in [0.15, 0.2) is 27.6 Å². The first-order valence-electron chi connectivity index (χ1n) is 6.60.